The van der Waals surface area contributed by atoms with Gasteiger partial charge in [-0.3, -0.25) is 4.39 Å². The molecule has 0 heterocycles. The average Bonchev–Trinajstić information content (AvgIpc) is 2.01. The standard InChI is InChI=1S/C9H12FNO3/c10-2-1-6(11)9-7(13)3-5(12)4-8(9)14/h3-4,6,12-14H,1-2,11H2/t6-/m1/s1. The Morgan fingerprint density at radius 3 is 2.14 bits per heavy atom. The van der Waals surface area contributed by atoms with Crippen molar-refractivity contribution in [2.45, 2.75) is 12.5 Å². The van der Waals surface area contributed by atoms with Gasteiger partial charge < -0.3 is 21.1 Å². The van der Waals surface area contributed by atoms with Crippen LogP contribution in [0.15, 0.2) is 12.1 Å². The third kappa shape index (κ3) is 2.05. The molecule has 14 heavy (non-hydrogen) atoms. The summed E-state index contributed by atoms with van der Waals surface area (Å²) in [5.74, 6) is -0.928. The molecule has 4 nitrogen and oxygen atoms in total. The highest BCUT2D eigenvalue weighted by molar-refractivity contribution is 5.50. The Balaban J connectivity index is 3.07. The Bertz CT molecular complexity index is 307. The molecule has 1 atom stereocenters. The van der Waals surface area contributed by atoms with Crippen LogP contribution in [0.4, 0.5) is 4.39 Å². The van der Waals surface area contributed by atoms with Gasteiger partial charge in [0.1, 0.15) is 17.2 Å². The SMILES string of the molecule is N[C@H](CCF)c1c(O)cc(O)cc1O. The summed E-state index contributed by atoms with van der Waals surface area (Å²) in [5.41, 5.74) is 5.57. The first-order chi connectivity index (χ1) is 6.56. The molecule has 1 aromatic rings. The molecule has 0 aliphatic heterocycles. The van der Waals surface area contributed by atoms with Crippen LogP contribution in [0.1, 0.15) is 18.0 Å². The van der Waals surface area contributed by atoms with E-state index in [4.69, 9.17) is 10.8 Å². The van der Waals surface area contributed by atoms with Gasteiger partial charge in [-0.15, -0.1) is 0 Å². The zero-order valence-electron chi connectivity index (χ0n) is 7.44. The molecule has 0 bridgehead atoms. The predicted octanol–water partition coefficient (Wildman–Crippen LogP) is 1.16. The van der Waals surface area contributed by atoms with Crippen LogP contribution < -0.4 is 5.73 Å². The maximum Gasteiger partial charge on any atom is 0.127 e. The fraction of sp³-hybridized carbons (Fsp3) is 0.333. The molecule has 0 saturated carbocycles. The van der Waals surface area contributed by atoms with E-state index in [0.29, 0.717) is 0 Å². The van der Waals surface area contributed by atoms with Crippen LogP contribution in [0.25, 0.3) is 0 Å². The summed E-state index contributed by atoms with van der Waals surface area (Å²) in [4.78, 5) is 0. The van der Waals surface area contributed by atoms with Gasteiger partial charge in [-0.2, -0.15) is 0 Å². The van der Waals surface area contributed by atoms with E-state index in [9.17, 15) is 14.6 Å². The molecular weight excluding hydrogens is 189 g/mol. The normalized spacial score (nSPS) is 12.7. The summed E-state index contributed by atoms with van der Waals surface area (Å²) >= 11 is 0. The fourth-order valence-electron chi connectivity index (χ4n) is 1.25. The molecule has 78 valence electrons. The first kappa shape index (κ1) is 10.6. The second-order valence-electron chi connectivity index (χ2n) is 2.98. The van der Waals surface area contributed by atoms with Gasteiger partial charge >= 0.3 is 0 Å². The van der Waals surface area contributed by atoms with E-state index in [1.54, 1.807) is 0 Å². The largest absolute Gasteiger partial charge is 0.508 e. The number of hydrogen-bond acceptors (Lipinski definition) is 4. The Morgan fingerprint density at radius 1 is 1.21 bits per heavy atom. The molecule has 0 spiro atoms. The topological polar surface area (TPSA) is 86.7 Å². The van der Waals surface area contributed by atoms with Crippen LogP contribution in [0.2, 0.25) is 0 Å². The molecule has 0 unspecified atom stereocenters. The molecule has 1 rings (SSSR count). The van der Waals surface area contributed by atoms with Crippen molar-refractivity contribution in [1.29, 1.82) is 0 Å². The quantitative estimate of drug-likeness (QED) is 0.591. The number of rotatable bonds is 3. The number of phenols is 3. The van der Waals surface area contributed by atoms with Crippen molar-refractivity contribution >= 4 is 0 Å². The minimum atomic E-state index is -0.777. The van der Waals surface area contributed by atoms with Crippen molar-refractivity contribution in [3.8, 4) is 17.2 Å². The fourth-order valence-corrected chi connectivity index (χ4v) is 1.25. The lowest BCUT2D eigenvalue weighted by Gasteiger charge is -2.13. The Labute approximate surface area is 80.4 Å². The molecule has 0 amide bonds. The van der Waals surface area contributed by atoms with Crippen LogP contribution >= 0.6 is 0 Å². The second-order valence-corrected chi connectivity index (χ2v) is 2.98. The van der Waals surface area contributed by atoms with Crippen molar-refractivity contribution in [3.63, 3.8) is 0 Å². The molecule has 1 aromatic carbocycles. The molecule has 0 radical (unpaired) electrons. The highest BCUT2D eigenvalue weighted by atomic mass is 19.1. The van der Waals surface area contributed by atoms with E-state index < -0.39 is 12.7 Å². The van der Waals surface area contributed by atoms with E-state index in [2.05, 4.69) is 0 Å². The smallest absolute Gasteiger partial charge is 0.127 e. The highest BCUT2D eigenvalue weighted by Gasteiger charge is 2.16. The first-order valence-corrected chi connectivity index (χ1v) is 4.12. The van der Waals surface area contributed by atoms with E-state index in [1.165, 1.54) is 0 Å². The van der Waals surface area contributed by atoms with Gasteiger partial charge in [-0.05, 0) is 6.42 Å². The van der Waals surface area contributed by atoms with Gasteiger partial charge in [0.05, 0.1) is 12.2 Å². The lowest BCUT2D eigenvalue weighted by atomic mass is 10.0. The van der Waals surface area contributed by atoms with E-state index in [-0.39, 0.29) is 29.2 Å². The molecular formula is C9H12FNO3. The Kier molecular flexibility index (Phi) is 3.14. The first-order valence-electron chi connectivity index (χ1n) is 4.12. The van der Waals surface area contributed by atoms with Crippen molar-refractivity contribution in [1.82, 2.24) is 0 Å². The van der Waals surface area contributed by atoms with Gasteiger partial charge in [0.2, 0.25) is 0 Å². The van der Waals surface area contributed by atoms with Gasteiger partial charge in [0.25, 0.3) is 0 Å². The molecule has 5 N–H and O–H groups in total. The Hall–Kier alpha value is -1.49. The monoisotopic (exact) mass is 201 g/mol. The number of benzene rings is 1. The van der Waals surface area contributed by atoms with Gasteiger partial charge in [-0.25, -0.2) is 0 Å². The summed E-state index contributed by atoms with van der Waals surface area (Å²) in [7, 11) is 0. The van der Waals surface area contributed by atoms with E-state index in [0.717, 1.165) is 12.1 Å². The van der Waals surface area contributed by atoms with Gasteiger partial charge in [0.15, 0.2) is 0 Å². The number of nitrogens with two attached hydrogens (primary N) is 1. The van der Waals surface area contributed by atoms with Crippen LogP contribution in [0.5, 0.6) is 17.2 Å². The third-order valence-electron chi connectivity index (χ3n) is 1.91. The third-order valence-corrected chi connectivity index (χ3v) is 1.91. The van der Waals surface area contributed by atoms with Crippen LogP contribution in [-0.4, -0.2) is 22.0 Å². The molecule has 0 aromatic heterocycles. The number of halogens is 1. The number of phenolic OH excluding ortho intramolecular Hbond substituents is 3. The highest BCUT2D eigenvalue weighted by Crippen LogP contribution is 2.36. The number of hydrogen-bond donors (Lipinski definition) is 4. The van der Waals surface area contributed by atoms with Crippen molar-refractivity contribution in [2.24, 2.45) is 5.73 Å². The number of alkyl halides is 1. The zero-order valence-corrected chi connectivity index (χ0v) is 7.44. The molecule has 0 fully saturated rings. The van der Waals surface area contributed by atoms with E-state index >= 15 is 0 Å². The average molecular weight is 201 g/mol. The Morgan fingerprint density at radius 2 is 1.71 bits per heavy atom. The lowest BCUT2D eigenvalue weighted by molar-refractivity contribution is 0.394. The zero-order chi connectivity index (χ0) is 10.7. The lowest BCUT2D eigenvalue weighted by Crippen LogP contribution is -2.11. The molecule has 0 aliphatic carbocycles. The maximum atomic E-state index is 12.0. The summed E-state index contributed by atoms with van der Waals surface area (Å²) in [6.45, 7) is -0.638. The van der Waals surface area contributed by atoms with Gasteiger partial charge in [0, 0.05) is 18.2 Å². The summed E-state index contributed by atoms with van der Waals surface area (Å²) < 4.78 is 12.0. The van der Waals surface area contributed by atoms with Crippen LogP contribution in [0, 0.1) is 0 Å². The van der Waals surface area contributed by atoms with Crippen LogP contribution in [0.3, 0.4) is 0 Å². The number of aromatic hydroxyl groups is 3. The summed E-state index contributed by atoms with van der Waals surface area (Å²) in [5, 5.41) is 27.7. The van der Waals surface area contributed by atoms with Crippen molar-refractivity contribution < 1.29 is 19.7 Å². The molecule has 0 saturated heterocycles. The predicted molar refractivity (Wildman–Crippen MR) is 49.0 cm³/mol. The van der Waals surface area contributed by atoms with Crippen molar-refractivity contribution in [3.05, 3.63) is 17.7 Å². The minimum Gasteiger partial charge on any atom is -0.508 e. The van der Waals surface area contributed by atoms with Crippen molar-refractivity contribution in [2.75, 3.05) is 6.67 Å². The maximum absolute atomic E-state index is 12.0. The molecule has 5 heteroatoms. The summed E-state index contributed by atoms with van der Waals surface area (Å²) in [6, 6.07) is 1.32. The summed E-state index contributed by atoms with van der Waals surface area (Å²) in [6.07, 6.45) is 0.00585. The minimum absolute atomic E-state index is 0.00585. The van der Waals surface area contributed by atoms with Crippen LogP contribution in [-0.2, 0) is 0 Å². The molecule has 0 aliphatic rings. The second kappa shape index (κ2) is 4.15. The van der Waals surface area contributed by atoms with E-state index in [1.807, 2.05) is 0 Å². The van der Waals surface area contributed by atoms with Gasteiger partial charge in [-0.1, -0.05) is 0 Å².